The number of hydrogen-bond acceptors (Lipinski definition) is 5. The Hall–Kier alpha value is -3.61. The van der Waals surface area contributed by atoms with Gasteiger partial charge in [0.25, 0.3) is 5.91 Å². The van der Waals surface area contributed by atoms with Crippen LogP contribution in [0.1, 0.15) is 27.8 Å². The first-order valence-electron chi connectivity index (χ1n) is 7.78. The molecule has 1 aromatic heterocycles. The fourth-order valence-electron chi connectivity index (χ4n) is 2.21. The molecule has 0 bridgehead atoms. The molecule has 0 aliphatic carbocycles. The van der Waals surface area contributed by atoms with E-state index in [9.17, 15) is 14.0 Å². The Bertz CT molecular complexity index is 941. The van der Waals surface area contributed by atoms with Crippen molar-refractivity contribution in [1.29, 1.82) is 0 Å². The van der Waals surface area contributed by atoms with E-state index in [1.807, 2.05) is 0 Å². The standard InChI is InChI=1S/C19H15FN4O2/c1-12(25)13-5-7-15(8-6-13)23-18-11-21-17(10-22-18)19(26)24-16-4-2-3-14(20)9-16/h2-11H,1H3,(H,22,23)(H,24,26). The van der Waals surface area contributed by atoms with E-state index in [1.54, 1.807) is 30.3 Å². The van der Waals surface area contributed by atoms with Crippen molar-refractivity contribution in [3.63, 3.8) is 0 Å². The van der Waals surface area contributed by atoms with E-state index in [-0.39, 0.29) is 11.5 Å². The van der Waals surface area contributed by atoms with Crippen LogP contribution in [0.2, 0.25) is 0 Å². The molecule has 3 aromatic rings. The van der Waals surface area contributed by atoms with Crippen LogP contribution in [-0.4, -0.2) is 21.7 Å². The topological polar surface area (TPSA) is 84.0 Å². The van der Waals surface area contributed by atoms with Crippen LogP contribution in [-0.2, 0) is 0 Å². The van der Waals surface area contributed by atoms with Crippen molar-refractivity contribution in [1.82, 2.24) is 9.97 Å². The predicted molar refractivity (Wildman–Crippen MR) is 96.1 cm³/mol. The number of aromatic nitrogens is 2. The summed E-state index contributed by atoms with van der Waals surface area (Å²) in [4.78, 5) is 31.6. The SMILES string of the molecule is CC(=O)c1ccc(Nc2cnc(C(=O)Nc3cccc(F)c3)cn2)cc1. The van der Waals surface area contributed by atoms with Gasteiger partial charge in [0.05, 0.1) is 12.4 Å². The Morgan fingerprint density at radius 2 is 1.73 bits per heavy atom. The second-order valence-corrected chi connectivity index (χ2v) is 5.51. The molecule has 2 aromatic carbocycles. The maximum atomic E-state index is 13.1. The van der Waals surface area contributed by atoms with Crippen LogP contribution in [0.4, 0.5) is 21.6 Å². The maximum absolute atomic E-state index is 13.1. The fraction of sp³-hybridized carbons (Fsp3) is 0.0526. The predicted octanol–water partition coefficient (Wildman–Crippen LogP) is 3.81. The molecule has 0 aliphatic heterocycles. The second-order valence-electron chi connectivity index (χ2n) is 5.51. The van der Waals surface area contributed by atoms with Gasteiger partial charge in [-0.1, -0.05) is 6.07 Å². The summed E-state index contributed by atoms with van der Waals surface area (Å²) in [5.41, 5.74) is 1.79. The molecule has 26 heavy (non-hydrogen) atoms. The summed E-state index contributed by atoms with van der Waals surface area (Å²) in [7, 11) is 0. The van der Waals surface area contributed by atoms with E-state index in [4.69, 9.17) is 0 Å². The summed E-state index contributed by atoms with van der Waals surface area (Å²) in [6, 6.07) is 12.5. The highest BCUT2D eigenvalue weighted by atomic mass is 19.1. The normalized spacial score (nSPS) is 10.2. The summed E-state index contributed by atoms with van der Waals surface area (Å²) < 4.78 is 13.1. The first-order valence-corrected chi connectivity index (χ1v) is 7.78. The van der Waals surface area contributed by atoms with Gasteiger partial charge in [-0.25, -0.2) is 14.4 Å². The van der Waals surface area contributed by atoms with Crippen LogP contribution in [0.25, 0.3) is 0 Å². The van der Waals surface area contributed by atoms with E-state index >= 15 is 0 Å². The highest BCUT2D eigenvalue weighted by Crippen LogP contribution is 2.15. The maximum Gasteiger partial charge on any atom is 0.275 e. The molecule has 130 valence electrons. The number of benzene rings is 2. The lowest BCUT2D eigenvalue weighted by Gasteiger charge is -2.07. The molecule has 3 rings (SSSR count). The number of carbonyl (C=O) groups excluding carboxylic acids is 2. The van der Waals surface area contributed by atoms with E-state index in [1.165, 1.54) is 37.5 Å². The first kappa shape index (κ1) is 17.2. The number of nitrogens with zero attached hydrogens (tertiary/aromatic N) is 2. The van der Waals surface area contributed by atoms with Gasteiger partial charge in [0.15, 0.2) is 5.78 Å². The lowest BCUT2D eigenvalue weighted by molar-refractivity contribution is 0.101. The molecule has 0 radical (unpaired) electrons. The molecule has 0 aliphatic rings. The number of ketones is 1. The number of hydrogen-bond donors (Lipinski definition) is 2. The van der Waals surface area contributed by atoms with Gasteiger partial charge in [0, 0.05) is 16.9 Å². The average Bonchev–Trinajstić information content (AvgIpc) is 2.63. The molecule has 0 saturated heterocycles. The third kappa shape index (κ3) is 4.27. The Morgan fingerprint density at radius 1 is 0.962 bits per heavy atom. The lowest BCUT2D eigenvalue weighted by Crippen LogP contribution is -2.14. The number of nitrogens with one attached hydrogen (secondary N) is 2. The molecule has 0 spiro atoms. The van der Waals surface area contributed by atoms with Crippen molar-refractivity contribution < 1.29 is 14.0 Å². The molecule has 0 unspecified atom stereocenters. The minimum atomic E-state index is -0.486. The minimum Gasteiger partial charge on any atom is -0.339 e. The zero-order chi connectivity index (χ0) is 18.5. The van der Waals surface area contributed by atoms with Crippen LogP contribution >= 0.6 is 0 Å². The average molecular weight is 350 g/mol. The molecule has 6 nitrogen and oxygen atoms in total. The minimum absolute atomic E-state index is 0.00926. The van der Waals surface area contributed by atoms with Crippen molar-refractivity contribution in [2.24, 2.45) is 0 Å². The van der Waals surface area contributed by atoms with Crippen LogP contribution in [0, 0.1) is 5.82 Å². The van der Waals surface area contributed by atoms with Crippen LogP contribution in [0.3, 0.4) is 0 Å². The monoisotopic (exact) mass is 350 g/mol. The largest absolute Gasteiger partial charge is 0.339 e. The van der Waals surface area contributed by atoms with Crippen LogP contribution < -0.4 is 10.6 Å². The second kappa shape index (κ2) is 7.52. The van der Waals surface area contributed by atoms with Crippen LogP contribution in [0.15, 0.2) is 60.9 Å². The summed E-state index contributed by atoms with van der Waals surface area (Å²) in [6.45, 7) is 1.50. The Morgan fingerprint density at radius 3 is 2.35 bits per heavy atom. The van der Waals surface area contributed by atoms with Gasteiger partial charge >= 0.3 is 0 Å². The smallest absolute Gasteiger partial charge is 0.275 e. The van der Waals surface area contributed by atoms with Gasteiger partial charge in [0.1, 0.15) is 17.3 Å². The Labute approximate surface area is 149 Å². The number of carbonyl (C=O) groups is 2. The van der Waals surface area contributed by atoms with Gasteiger partial charge < -0.3 is 10.6 Å². The van der Waals surface area contributed by atoms with Crippen molar-refractivity contribution in [2.75, 3.05) is 10.6 Å². The van der Waals surface area contributed by atoms with Crippen LogP contribution in [0.5, 0.6) is 0 Å². The zero-order valence-electron chi connectivity index (χ0n) is 13.9. The van der Waals surface area contributed by atoms with E-state index in [2.05, 4.69) is 20.6 Å². The van der Waals surface area contributed by atoms with Gasteiger partial charge in [0.2, 0.25) is 0 Å². The number of Topliss-reactive ketones (excluding diaryl/α,β-unsaturated/α-hetero) is 1. The highest BCUT2D eigenvalue weighted by Gasteiger charge is 2.09. The van der Waals surface area contributed by atoms with Gasteiger partial charge in [-0.05, 0) is 49.4 Å². The summed E-state index contributed by atoms with van der Waals surface area (Å²) in [6.07, 6.45) is 2.74. The number of anilines is 3. The summed E-state index contributed by atoms with van der Waals surface area (Å²) in [5.74, 6) is -0.488. The zero-order valence-corrected chi connectivity index (χ0v) is 13.9. The number of amides is 1. The molecular formula is C19H15FN4O2. The molecule has 7 heteroatoms. The van der Waals surface area contributed by atoms with Crippen molar-refractivity contribution in [3.05, 3.63) is 78.0 Å². The van der Waals surface area contributed by atoms with Gasteiger partial charge in [-0.15, -0.1) is 0 Å². The number of rotatable bonds is 5. The van der Waals surface area contributed by atoms with Crippen molar-refractivity contribution >= 4 is 28.9 Å². The van der Waals surface area contributed by atoms with E-state index in [0.717, 1.165) is 5.69 Å². The lowest BCUT2D eigenvalue weighted by atomic mass is 10.1. The van der Waals surface area contributed by atoms with Crippen molar-refractivity contribution in [3.8, 4) is 0 Å². The molecule has 1 amide bonds. The van der Waals surface area contributed by atoms with Crippen molar-refractivity contribution in [2.45, 2.75) is 6.92 Å². The fourth-order valence-corrected chi connectivity index (χ4v) is 2.21. The van der Waals surface area contributed by atoms with Gasteiger partial charge in [-0.2, -0.15) is 0 Å². The molecule has 0 fully saturated rings. The quantitative estimate of drug-likeness (QED) is 0.684. The molecular weight excluding hydrogens is 335 g/mol. The van der Waals surface area contributed by atoms with E-state index in [0.29, 0.717) is 17.1 Å². The molecule has 1 heterocycles. The molecule has 0 saturated carbocycles. The first-order chi connectivity index (χ1) is 12.5. The summed E-state index contributed by atoms with van der Waals surface area (Å²) >= 11 is 0. The Kier molecular flexibility index (Phi) is 4.98. The van der Waals surface area contributed by atoms with Gasteiger partial charge in [-0.3, -0.25) is 9.59 Å². The number of halogens is 1. The summed E-state index contributed by atoms with van der Waals surface area (Å²) in [5, 5.41) is 5.58. The Balaban J connectivity index is 1.66. The third-order valence-corrected chi connectivity index (χ3v) is 3.53. The molecule has 0 atom stereocenters. The molecule has 2 N–H and O–H groups in total. The third-order valence-electron chi connectivity index (χ3n) is 3.53. The highest BCUT2D eigenvalue weighted by molar-refractivity contribution is 6.02. The van der Waals surface area contributed by atoms with E-state index < -0.39 is 11.7 Å².